The first-order valence-corrected chi connectivity index (χ1v) is 11.6. The molecule has 0 unspecified atom stereocenters. The lowest BCUT2D eigenvalue weighted by Crippen LogP contribution is -2.26. The average Bonchev–Trinajstić information content (AvgIpc) is 2.70. The fourth-order valence-corrected chi connectivity index (χ4v) is 4.28. The van der Waals surface area contributed by atoms with Crippen LogP contribution < -0.4 is 4.74 Å². The Balaban J connectivity index is 1.72. The molecular weight excluding hydrogens is 351 g/mol. The number of carbonyl (C=O) groups is 1. The summed E-state index contributed by atoms with van der Waals surface area (Å²) in [6.07, 6.45) is 16.1. The summed E-state index contributed by atoms with van der Waals surface area (Å²) < 4.78 is 19.7. The first-order chi connectivity index (χ1) is 13.6. The Labute approximate surface area is 171 Å². The largest absolute Gasteiger partial charge is 0.423 e. The quantitative estimate of drug-likeness (QED) is 0.208. The number of benzene rings is 1. The van der Waals surface area contributed by atoms with Gasteiger partial charge < -0.3 is 4.74 Å². The SMILES string of the molecule is CCCCCCC[C@H]1CC[C@H](C(=O)Oc2ccc(CCCCC)cc2F)CC1. The highest BCUT2D eigenvalue weighted by atomic mass is 19.1. The average molecular weight is 391 g/mol. The zero-order valence-electron chi connectivity index (χ0n) is 18.0. The molecule has 0 amide bonds. The van der Waals surface area contributed by atoms with Gasteiger partial charge in [0.1, 0.15) is 0 Å². The second kappa shape index (κ2) is 13.0. The van der Waals surface area contributed by atoms with Gasteiger partial charge >= 0.3 is 5.97 Å². The lowest BCUT2D eigenvalue weighted by atomic mass is 9.80. The highest BCUT2D eigenvalue weighted by Crippen LogP contribution is 2.33. The van der Waals surface area contributed by atoms with E-state index in [1.165, 1.54) is 44.6 Å². The third-order valence-corrected chi connectivity index (χ3v) is 6.17. The van der Waals surface area contributed by atoms with Crippen LogP contribution in [-0.4, -0.2) is 5.97 Å². The molecule has 28 heavy (non-hydrogen) atoms. The number of unbranched alkanes of at least 4 members (excludes halogenated alkanes) is 6. The van der Waals surface area contributed by atoms with Crippen molar-refractivity contribution in [3.05, 3.63) is 29.6 Å². The van der Waals surface area contributed by atoms with Crippen LogP contribution in [0.3, 0.4) is 0 Å². The van der Waals surface area contributed by atoms with Crippen molar-refractivity contribution in [3.63, 3.8) is 0 Å². The van der Waals surface area contributed by atoms with Gasteiger partial charge in [-0.3, -0.25) is 4.79 Å². The van der Waals surface area contributed by atoms with Gasteiger partial charge in [-0.2, -0.15) is 0 Å². The van der Waals surface area contributed by atoms with Gasteiger partial charge in [0.25, 0.3) is 0 Å². The van der Waals surface area contributed by atoms with E-state index in [0.717, 1.165) is 62.8 Å². The van der Waals surface area contributed by atoms with Crippen LogP contribution in [0.4, 0.5) is 4.39 Å². The molecule has 0 aliphatic heterocycles. The van der Waals surface area contributed by atoms with E-state index in [9.17, 15) is 9.18 Å². The standard InChI is InChI=1S/C25H39FO2/c1-3-5-7-8-10-11-20-13-16-22(17-14-20)25(27)28-24-18-15-21(19-23(24)26)12-9-6-4-2/h15,18-20,22H,3-14,16-17H2,1-2H3/t20-,22-. The predicted octanol–water partition coefficient (Wildman–Crippen LogP) is 7.63. The van der Waals surface area contributed by atoms with Crippen LogP contribution in [-0.2, 0) is 11.2 Å². The summed E-state index contributed by atoms with van der Waals surface area (Å²) in [4.78, 5) is 12.5. The Morgan fingerprint density at radius 2 is 1.64 bits per heavy atom. The third-order valence-electron chi connectivity index (χ3n) is 6.17. The highest BCUT2D eigenvalue weighted by Gasteiger charge is 2.28. The monoisotopic (exact) mass is 390 g/mol. The van der Waals surface area contributed by atoms with Crippen molar-refractivity contribution in [1.29, 1.82) is 0 Å². The van der Waals surface area contributed by atoms with Crippen molar-refractivity contribution in [2.24, 2.45) is 11.8 Å². The summed E-state index contributed by atoms with van der Waals surface area (Å²) in [6, 6.07) is 5.03. The molecule has 0 atom stereocenters. The number of carbonyl (C=O) groups excluding carboxylic acids is 1. The van der Waals surface area contributed by atoms with Crippen LogP contribution in [0.5, 0.6) is 5.75 Å². The Morgan fingerprint density at radius 3 is 2.32 bits per heavy atom. The van der Waals surface area contributed by atoms with Crippen molar-refractivity contribution in [2.45, 2.75) is 104 Å². The molecule has 1 aromatic rings. The number of ether oxygens (including phenoxy) is 1. The topological polar surface area (TPSA) is 26.3 Å². The number of hydrogen-bond acceptors (Lipinski definition) is 2. The van der Waals surface area contributed by atoms with E-state index in [1.807, 2.05) is 6.07 Å². The van der Waals surface area contributed by atoms with Crippen LogP contribution in [0.2, 0.25) is 0 Å². The lowest BCUT2D eigenvalue weighted by Gasteiger charge is -2.27. The Kier molecular flexibility index (Phi) is 10.6. The van der Waals surface area contributed by atoms with Gasteiger partial charge in [-0.05, 0) is 62.1 Å². The molecular formula is C25H39FO2. The number of rotatable bonds is 12. The normalized spacial score (nSPS) is 19.5. The lowest BCUT2D eigenvalue weighted by molar-refractivity contribution is -0.140. The molecule has 1 fully saturated rings. The zero-order chi connectivity index (χ0) is 20.2. The summed E-state index contributed by atoms with van der Waals surface area (Å²) in [5.74, 6) is 0.106. The smallest absolute Gasteiger partial charge is 0.314 e. The molecule has 0 radical (unpaired) electrons. The number of esters is 1. The van der Waals surface area contributed by atoms with E-state index >= 15 is 0 Å². The molecule has 1 aliphatic rings. The molecule has 158 valence electrons. The van der Waals surface area contributed by atoms with Gasteiger partial charge in [-0.25, -0.2) is 4.39 Å². The molecule has 2 rings (SSSR count). The van der Waals surface area contributed by atoms with Crippen LogP contribution >= 0.6 is 0 Å². The van der Waals surface area contributed by atoms with E-state index in [1.54, 1.807) is 6.07 Å². The first kappa shape index (κ1) is 22.9. The maximum Gasteiger partial charge on any atom is 0.314 e. The van der Waals surface area contributed by atoms with E-state index in [4.69, 9.17) is 4.74 Å². The van der Waals surface area contributed by atoms with Gasteiger partial charge in [0.2, 0.25) is 0 Å². The van der Waals surface area contributed by atoms with Gasteiger partial charge in [-0.1, -0.05) is 71.3 Å². The molecule has 0 bridgehead atoms. The highest BCUT2D eigenvalue weighted by molar-refractivity contribution is 5.75. The van der Waals surface area contributed by atoms with Gasteiger partial charge in [-0.15, -0.1) is 0 Å². The van der Waals surface area contributed by atoms with Crippen molar-refractivity contribution < 1.29 is 13.9 Å². The second-order valence-electron chi connectivity index (χ2n) is 8.56. The Hall–Kier alpha value is -1.38. The first-order valence-electron chi connectivity index (χ1n) is 11.6. The molecule has 3 heteroatoms. The molecule has 0 heterocycles. The van der Waals surface area contributed by atoms with Crippen molar-refractivity contribution in [2.75, 3.05) is 0 Å². The van der Waals surface area contributed by atoms with Crippen LogP contribution in [0, 0.1) is 17.7 Å². The van der Waals surface area contributed by atoms with E-state index in [0.29, 0.717) is 0 Å². The van der Waals surface area contributed by atoms with Gasteiger partial charge in [0.05, 0.1) is 5.92 Å². The Morgan fingerprint density at radius 1 is 0.964 bits per heavy atom. The summed E-state index contributed by atoms with van der Waals surface area (Å²) in [5, 5.41) is 0. The number of aryl methyl sites for hydroxylation is 1. The van der Waals surface area contributed by atoms with Gasteiger partial charge in [0.15, 0.2) is 11.6 Å². The molecule has 0 saturated heterocycles. The van der Waals surface area contributed by atoms with Crippen LogP contribution in [0.15, 0.2) is 18.2 Å². The fraction of sp³-hybridized carbons (Fsp3) is 0.720. The molecule has 0 spiro atoms. The molecule has 2 nitrogen and oxygen atoms in total. The molecule has 1 aromatic carbocycles. The van der Waals surface area contributed by atoms with Gasteiger partial charge in [0, 0.05) is 0 Å². The second-order valence-corrected chi connectivity index (χ2v) is 8.56. The van der Waals surface area contributed by atoms with Crippen molar-refractivity contribution in [1.82, 2.24) is 0 Å². The van der Waals surface area contributed by atoms with Crippen molar-refractivity contribution >= 4 is 5.97 Å². The minimum Gasteiger partial charge on any atom is -0.423 e. The van der Waals surface area contributed by atoms with Crippen LogP contribution in [0.25, 0.3) is 0 Å². The van der Waals surface area contributed by atoms with E-state index in [-0.39, 0.29) is 17.6 Å². The maximum atomic E-state index is 14.3. The Bertz CT molecular complexity index is 576. The minimum absolute atomic E-state index is 0.0695. The van der Waals surface area contributed by atoms with E-state index in [2.05, 4.69) is 13.8 Å². The van der Waals surface area contributed by atoms with Crippen molar-refractivity contribution in [3.8, 4) is 5.75 Å². The summed E-state index contributed by atoms with van der Waals surface area (Å²) in [6.45, 7) is 4.40. The molecule has 0 N–H and O–H groups in total. The summed E-state index contributed by atoms with van der Waals surface area (Å²) in [7, 11) is 0. The molecule has 0 aromatic heterocycles. The fourth-order valence-electron chi connectivity index (χ4n) is 4.28. The predicted molar refractivity (Wildman–Crippen MR) is 114 cm³/mol. The number of halogens is 1. The minimum atomic E-state index is -0.414. The molecule has 1 saturated carbocycles. The zero-order valence-corrected chi connectivity index (χ0v) is 18.0. The third kappa shape index (κ3) is 7.93. The summed E-state index contributed by atoms with van der Waals surface area (Å²) in [5.41, 5.74) is 0.977. The summed E-state index contributed by atoms with van der Waals surface area (Å²) >= 11 is 0. The maximum absolute atomic E-state index is 14.3. The van der Waals surface area contributed by atoms with E-state index < -0.39 is 5.82 Å². The molecule has 1 aliphatic carbocycles. The van der Waals surface area contributed by atoms with Crippen LogP contribution in [0.1, 0.15) is 103 Å². The number of hydrogen-bond donors (Lipinski definition) is 0.